The fourth-order valence-electron chi connectivity index (χ4n) is 2.67. The Morgan fingerprint density at radius 2 is 0.842 bits per heavy atom. The Bertz CT molecular complexity index is 177. The van der Waals surface area contributed by atoms with Crippen molar-refractivity contribution in [3.05, 3.63) is 0 Å². The third kappa shape index (κ3) is 8.34. The first-order chi connectivity index (χ1) is 8.77. The molecule has 0 unspecified atom stereocenters. The van der Waals surface area contributed by atoms with Gasteiger partial charge in [-0.3, -0.25) is 0 Å². The van der Waals surface area contributed by atoms with Gasteiger partial charge in [-0.25, -0.2) is 0 Å². The van der Waals surface area contributed by atoms with E-state index in [9.17, 15) is 0 Å². The van der Waals surface area contributed by atoms with Crippen LogP contribution in [0.5, 0.6) is 0 Å². The van der Waals surface area contributed by atoms with Crippen LogP contribution >= 0.6 is 0 Å². The maximum absolute atomic E-state index is 2.62. The van der Waals surface area contributed by atoms with E-state index in [1.807, 2.05) is 0 Å². The van der Waals surface area contributed by atoms with Gasteiger partial charge in [0.2, 0.25) is 0 Å². The first-order valence-electron chi connectivity index (χ1n) is 7.86. The van der Waals surface area contributed by atoms with Crippen molar-refractivity contribution in [1.82, 2.24) is 9.80 Å². The zero-order valence-corrected chi connectivity index (χ0v) is 16.2. The Kier molecular flexibility index (Phi) is 10.4. The molecule has 0 bridgehead atoms. The van der Waals surface area contributed by atoms with Crippen molar-refractivity contribution in [3.8, 4) is 0 Å². The summed E-state index contributed by atoms with van der Waals surface area (Å²) in [4.78, 5) is 5.23. The van der Waals surface area contributed by atoms with E-state index < -0.39 is 0 Å². The van der Waals surface area contributed by atoms with Crippen LogP contribution < -0.4 is 0 Å². The van der Waals surface area contributed by atoms with Crippen molar-refractivity contribution in [2.75, 3.05) is 13.1 Å². The zero-order chi connectivity index (χ0) is 15.0. The van der Waals surface area contributed by atoms with Gasteiger partial charge in [0.25, 0.3) is 0 Å². The average Bonchev–Trinajstić information content (AvgIpc) is 2.25. The monoisotopic (exact) mass is 336 g/mol. The van der Waals surface area contributed by atoms with Gasteiger partial charge in [0.15, 0.2) is 0 Å². The standard InChI is InChI=1S/C16H36N2Se/c1-13(2)17(14(3)4)9-11-19-12-10-18(15(5)6)16(7)8/h13-16H,9-12H2,1-8H3. The minimum atomic E-state index is 0.679. The van der Waals surface area contributed by atoms with Gasteiger partial charge in [0.05, 0.1) is 0 Å². The molecule has 116 valence electrons. The van der Waals surface area contributed by atoms with E-state index in [0.29, 0.717) is 24.2 Å². The van der Waals surface area contributed by atoms with Gasteiger partial charge >= 0.3 is 128 Å². The first kappa shape index (κ1) is 19.4. The molecule has 0 aliphatic carbocycles. The summed E-state index contributed by atoms with van der Waals surface area (Å²) in [6.07, 6.45) is 0. The molecular formula is C16H36N2Se. The van der Waals surface area contributed by atoms with Gasteiger partial charge in [-0.15, -0.1) is 0 Å². The fourth-order valence-corrected chi connectivity index (χ4v) is 4.52. The molecule has 0 aliphatic heterocycles. The summed E-state index contributed by atoms with van der Waals surface area (Å²) in [5.74, 6) is 0. The van der Waals surface area contributed by atoms with Gasteiger partial charge < -0.3 is 0 Å². The zero-order valence-electron chi connectivity index (χ0n) is 14.4. The van der Waals surface area contributed by atoms with Crippen LogP contribution in [0.3, 0.4) is 0 Å². The SMILES string of the molecule is CC(C)N(CC[Se]CCN(C(C)C)C(C)C)C(C)C. The number of hydrogen-bond acceptors (Lipinski definition) is 2. The molecule has 19 heavy (non-hydrogen) atoms. The van der Waals surface area contributed by atoms with Crippen LogP contribution in [-0.2, 0) is 0 Å². The molecule has 3 heteroatoms. The minimum absolute atomic E-state index is 0.679. The molecule has 0 heterocycles. The van der Waals surface area contributed by atoms with Crippen LogP contribution in [0.15, 0.2) is 0 Å². The molecule has 0 N–H and O–H groups in total. The molecule has 0 saturated heterocycles. The Hall–Kier alpha value is 0.439. The average molecular weight is 335 g/mol. The van der Waals surface area contributed by atoms with E-state index in [1.54, 1.807) is 0 Å². The molecule has 0 rings (SSSR count). The summed E-state index contributed by atoms with van der Waals surface area (Å²) in [6.45, 7) is 21.0. The fraction of sp³-hybridized carbons (Fsp3) is 1.00. The van der Waals surface area contributed by atoms with Crippen molar-refractivity contribution in [1.29, 1.82) is 0 Å². The number of hydrogen-bond donors (Lipinski definition) is 0. The van der Waals surface area contributed by atoms with Crippen molar-refractivity contribution in [2.45, 2.75) is 90.2 Å². The molecule has 0 aromatic heterocycles. The van der Waals surface area contributed by atoms with Crippen molar-refractivity contribution < 1.29 is 0 Å². The van der Waals surface area contributed by atoms with Crippen LogP contribution in [0.1, 0.15) is 55.4 Å². The third-order valence-corrected chi connectivity index (χ3v) is 5.62. The molecule has 2 nitrogen and oxygen atoms in total. The summed E-state index contributed by atoms with van der Waals surface area (Å²) < 4.78 is 0. The summed E-state index contributed by atoms with van der Waals surface area (Å²) in [5, 5.41) is 2.79. The van der Waals surface area contributed by atoms with E-state index in [0.717, 1.165) is 15.0 Å². The number of rotatable bonds is 10. The summed E-state index contributed by atoms with van der Waals surface area (Å²) in [7, 11) is 0. The van der Waals surface area contributed by atoms with Crippen LogP contribution in [0.4, 0.5) is 0 Å². The molecular weight excluding hydrogens is 299 g/mol. The topological polar surface area (TPSA) is 6.48 Å². The van der Waals surface area contributed by atoms with Crippen LogP contribution in [0.2, 0.25) is 10.6 Å². The van der Waals surface area contributed by atoms with Gasteiger partial charge in [0.1, 0.15) is 0 Å². The Labute approximate surface area is 128 Å². The van der Waals surface area contributed by atoms with Crippen molar-refractivity contribution in [2.24, 2.45) is 0 Å². The predicted molar refractivity (Wildman–Crippen MR) is 89.3 cm³/mol. The van der Waals surface area contributed by atoms with Crippen LogP contribution in [-0.4, -0.2) is 62.0 Å². The normalized spacial score (nSPS) is 12.9. The molecule has 0 fully saturated rings. The molecule has 0 aliphatic rings. The molecule has 0 aromatic rings. The van der Waals surface area contributed by atoms with E-state index in [1.165, 1.54) is 23.7 Å². The second kappa shape index (κ2) is 10.2. The van der Waals surface area contributed by atoms with Gasteiger partial charge in [-0.1, -0.05) is 0 Å². The van der Waals surface area contributed by atoms with Gasteiger partial charge in [0, 0.05) is 0 Å². The Morgan fingerprint density at radius 3 is 1.05 bits per heavy atom. The number of nitrogens with zero attached hydrogens (tertiary/aromatic N) is 2. The van der Waals surface area contributed by atoms with E-state index >= 15 is 0 Å². The van der Waals surface area contributed by atoms with Crippen LogP contribution in [0.25, 0.3) is 0 Å². The van der Waals surface area contributed by atoms with Crippen molar-refractivity contribution in [3.63, 3.8) is 0 Å². The molecule has 0 aromatic carbocycles. The summed E-state index contributed by atoms with van der Waals surface area (Å²) in [6, 6.07) is 2.72. The third-order valence-electron chi connectivity index (χ3n) is 3.64. The van der Waals surface area contributed by atoms with E-state index in [4.69, 9.17) is 0 Å². The first-order valence-corrected chi connectivity index (χ1v) is 10.3. The second-order valence-electron chi connectivity index (χ2n) is 6.46. The Morgan fingerprint density at radius 1 is 0.579 bits per heavy atom. The summed E-state index contributed by atoms with van der Waals surface area (Å²) >= 11 is 0.796. The molecule has 0 spiro atoms. The summed E-state index contributed by atoms with van der Waals surface area (Å²) in [5.41, 5.74) is 0. The molecule has 0 amide bonds. The molecule has 0 atom stereocenters. The molecule has 0 radical (unpaired) electrons. The molecule has 0 saturated carbocycles. The van der Waals surface area contributed by atoms with Crippen LogP contribution in [0, 0.1) is 0 Å². The van der Waals surface area contributed by atoms with E-state index in [2.05, 4.69) is 65.2 Å². The predicted octanol–water partition coefficient (Wildman–Crippen LogP) is 3.76. The van der Waals surface area contributed by atoms with E-state index in [-0.39, 0.29) is 0 Å². The maximum atomic E-state index is 2.62. The Balaban J connectivity index is 3.85. The second-order valence-corrected chi connectivity index (χ2v) is 9.03. The quantitative estimate of drug-likeness (QED) is 0.443. The van der Waals surface area contributed by atoms with Crippen molar-refractivity contribution >= 4 is 15.0 Å². The van der Waals surface area contributed by atoms with Gasteiger partial charge in [-0.05, 0) is 0 Å². The van der Waals surface area contributed by atoms with Gasteiger partial charge in [-0.2, -0.15) is 0 Å².